The van der Waals surface area contributed by atoms with Crippen LogP contribution in [0.4, 0.5) is 4.79 Å². The van der Waals surface area contributed by atoms with Crippen molar-refractivity contribution in [2.24, 2.45) is 0 Å². The van der Waals surface area contributed by atoms with Crippen molar-refractivity contribution in [2.45, 2.75) is 54.3 Å². The summed E-state index contributed by atoms with van der Waals surface area (Å²) in [4.78, 5) is 12.7. The average molecular weight is 655 g/mol. The molecule has 0 aliphatic carbocycles. The Balaban J connectivity index is 1.56. The summed E-state index contributed by atoms with van der Waals surface area (Å²) in [5.41, 5.74) is 2.72. The Labute approximate surface area is 265 Å². The molecule has 1 heterocycles. The summed E-state index contributed by atoms with van der Waals surface area (Å²) in [6.45, 7) is 0.246. The van der Waals surface area contributed by atoms with Crippen LogP contribution in [0, 0.1) is 0 Å². The van der Waals surface area contributed by atoms with Gasteiger partial charge in [-0.3, -0.25) is 0 Å². The number of aliphatic hydroxyl groups is 1. The number of carbonyl (C=O) groups excluding carboxylic acids is 1. The molecule has 12 heteroatoms. The van der Waals surface area contributed by atoms with Crippen LogP contribution in [0.2, 0.25) is 0 Å². The monoisotopic (exact) mass is 653 g/mol. The van der Waals surface area contributed by atoms with Gasteiger partial charge in [0.15, 0.2) is 6.29 Å². The number of nitrogens with one attached hydrogen (secondary N) is 1. The minimum absolute atomic E-state index is 0.0816. The van der Waals surface area contributed by atoms with Crippen LogP contribution in [-0.4, -0.2) is 66.0 Å². The summed E-state index contributed by atoms with van der Waals surface area (Å²) in [5, 5.41) is 13.7. The molecule has 2 N–H and O–H groups in total. The van der Waals surface area contributed by atoms with Crippen LogP contribution in [0.3, 0.4) is 0 Å². The van der Waals surface area contributed by atoms with Crippen molar-refractivity contribution in [3.63, 3.8) is 0 Å². The van der Waals surface area contributed by atoms with E-state index >= 15 is 0 Å². The van der Waals surface area contributed by atoms with Crippen LogP contribution >= 0.6 is 34.8 Å². The topological polar surface area (TPSA) is 105 Å². The molecule has 4 rings (SSSR count). The quantitative estimate of drug-likeness (QED) is 0.231. The lowest BCUT2D eigenvalue weighted by Crippen LogP contribution is -2.65. The molecule has 3 aromatic rings. The predicted octanol–water partition coefficient (Wildman–Crippen LogP) is 5.56. The number of rotatable bonds is 13. The first kappa shape index (κ1) is 33.3. The zero-order valence-electron chi connectivity index (χ0n) is 23.4. The van der Waals surface area contributed by atoms with Gasteiger partial charge >= 0.3 is 6.09 Å². The predicted molar refractivity (Wildman–Crippen MR) is 162 cm³/mol. The third-order valence-electron chi connectivity index (χ3n) is 6.60. The second-order valence-corrected chi connectivity index (χ2v) is 12.3. The van der Waals surface area contributed by atoms with Crippen LogP contribution in [0.1, 0.15) is 16.7 Å². The van der Waals surface area contributed by atoms with Gasteiger partial charge in [-0.1, -0.05) is 108 Å². The molecule has 9 nitrogen and oxygen atoms in total. The van der Waals surface area contributed by atoms with Gasteiger partial charge in [0.05, 0.1) is 33.5 Å². The molecule has 0 spiro atoms. The van der Waals surface area contributed by atoms with Crippen LogP contribution in [0.5, 0.6) is 5.75 Å². The lowest BCUT2D eigenvalue weighted by atomic mass is 9.96. The Kier molecular flexibility index (Phi) is 12.8. The van der Waals surface area contributed by atoms with Crippen molar-refractivity contribution in [2.75, 3.05) is 20.3 Å². The summed E-state index contributed by atoms with van der Waals surface area (Å²) in [6.07, 6.45) is -4.87. The highest BCUT2D eigenvalue weighted by Crippen LogP contribution is 2.29. The molecule has 5 atom stereocenters. The number of benzene rings is 3. The van der Waals surface area contributed by atoms with E-state index in [1.807, 2.05) is 84.9 Å². The van der Waals surface area contributed by atoms with Crippen LogP contribution in [0.25, 0.3) is 0 Å². The zero-order valence-corrected chi connectivity index (χ0v) is 25.7. The minimum atomic E-state index is -1.81. The number of aliphatic hydroxyl groups excluding tert-OH is 1. The van der Waals surface area contributed by atoms with Gasteiger partial charge in [0.25, 0.3) is 0 Å². The molecule has 0 saturated carbocycles. The van der Waals surface area contributed by atoms with Crippen molar-refractivity contribution in [1.82, 2.24) is 5.32 Å². The van der Waals surface area contributed by atoms with Crippen molar-refractivity contribution in [1.29, 1.82) is 0 Å². The van der Waals surface area contributed by atoms with Gasteiger partial charge in [-0.15, -0.1) is 0 Å². The highest BCUT2D eigenvalue weighted by molar-refractivity contribution is 6.67. The van der Waals surface area contributed by atoms with Crippen LogP contribution < -0.4 is 10.1 Å². The number of halogens is 3. The Morgan fingerprint density at radius 1 is 0.837 bits per heavy atom. The summed E-state index contributed by atoms with van der Waals surface area (Å²) in [6, 6.07) is 25.5. The molecule has 43 heavy (non-hydrogen) atoms. The minimum Gasteiger partial charge on any atom is -0.497 e. The first-order valence-electron chi connectivity index (χ1n) is 13.6. The third kappa shape index (κ3) is 10.8. The molecule has 232 valence electrons. The van der Waals surface area contributed by atoms with Crippen molar-refractivity contribution < 1.29 is 38.3 Å². The second-order valence-electron chi connectivity index (χ2n) is 9.81. The molecule has 1 aliphatic rings. The fourth-order valence-electron chi connectivity index (χ4n) is 4.48. The number of alkyl carbamates (subject to hydrolysis) is 1. The molecule has 1 saturated heterocycles. The maximum Gasteiger partial charge on any atom is 0.407 e. The van der Waals surface area contributed by atoms with Gasteiger partial charge in [-0.25, -0.2) is 4.79 Å². The van der Waals surface area contributed by atoms with E-state index < -0.39 is 47.1 Å². The van der Waals surface area contributed by atoms with Gasteiger partial charge in [0.2, 0.25) is 3.79 Å². The van der Waals surface area contributed by atoms with Gasteiger partial charge in [0.1, 0.15) is 36.7 Å². The van der Waals surface area contributed by atoms with E-state index in [1.165, 1.54) is 0 Å². The maximum atomic E-state index is 12.7. The Bertz CT molecular complexity index is 1250. The highest BCUT2D eigenvalue weighted by Gasteiger charge is 2.48. The first-order chi connectivity index (χ1) is 20.7. The molecular weight excluding hydrogens is 621 g/mol. The van der Waals surface area contributed by atoms with Crippen LogP contribution in [0.15, 0.2) is 84.9 Å². The largest absolute Gasteiger partial charge is 0.497 e. The van der Waals surface area contributed by atoms with Crippen molar-refractivity contribution in [3.8, 4) is 5.75 Å². The van der Waals surface area contributed by atoms with Gasteiger partial charge in [0, 0.05) is 0 Å². The van der Waals surface area contributed by atoms with E-state index in [-0.39, 0.29) is 19.8 Å². The zero-order chi connectivity index (χ0) is 30.7. The van der Waals surface area contributed by atoms with E-state index in [2.05, 4.69) is 5.32 Å². The van der Waals surface area contributed by atoms with Crippen LogP contribution in [-0.2, 0) is 43.5 Å². The van der Waals surface area contributed by atoms with E-state index in [4.69, 9.17) is 63.2 Å². The van der Waals surface area contributed by atoms with Crippen molar-refractivity contribution in [3.05, 3.63) is 102 Å². The highest BCUT2D eigenvalue weighted by atomic mass is 35.6. The molecule has 0 aromatic heterocycles. The number of alkyl halides is 3. The Hall–Kier alpha value is -2.60. The van der Waals surface area contributed by atoms with E-state index in [9.17, 15) is 9.90 Å². The number of amides is 1. The standard InChI is InChI=1S/C31H34Cl3NO8/c1-38-24-14-12-23(13-15-24)18-41-28-26(35-30(37)42-20-31(32,33)34)29(36)43-25(19-39-16-21-8-4-2-5-9-21)27(28)40-17-22-10-6-3-7-11-22/h2-15,25-29,36H,16-20H2,1H3,(H,35,37)/t25-,26-,27-,28-,29-/m1/s1. The Morgan fingerprint density at radius 2 is 1.40 bits per heavy atom. The van der Waals surface area contributed by atoms with E-state index in [1.54, 1.807) is 7.11 Å². The Morgan fingerprint density at radius 3 is 1.98 bits per heavy atom. The summed E-state index contributed by atoms with van der Waals surface area (Å²) in [7, 11) is 1.58. The molecule has 0 radical (unpaired) electrons. The summed E-state index contributed by atoms with van der Waals surface area (Å²) in [5.74, 6) is 0.696. The molecular formula is C31H34Cl3NO8. The summed E-state index contributed by atoms with van der Waals surface area (Å²) >= 11 is 17.2. The van der Waals surface area contributed by atoms with Gasteiger partial charge < -0.3 is 38.8 Å². The molecule has 1 fully saturated rings. The summed E-state index contributed by atoms with van der Waals surface area (Å²) < 4.78 is 33.2. The number of hydrogen-bond donors (Lipinski definition) is 2. The third-order valence-corrected chi connectivity index (χ3v) is 6.92. The number of hydrogen-bond acceptors (Lipinski definition) is 8. The van der Waals surface area contributed by atoms with Gasteiger partial charge in [-0.05, 0) is 28.8 Å². The maximum absolute atomic E-state index is 12.7. The number of ether oxygens (including phenoxy) is 6. The SMILES string of the molecule is COc1ccc(CO[C@@H]2[C@@H](NC(=O)OCC(Cl)(Cl)Cl)[C@H](O)O[C@H](COCc3ccccc3)[C@H]2OCc2ccccc2)cc1. The van der Waals surface area contributed by atoms with Gasteiger partial charge in [-0.2, -0.15) is 0 Å². The number of carbonyl (C=O) groups is 1. The van der Waals surface area contributed by atoms with E-state index in [0.717, 1.165) is 16.7 Å². The molecule has 1 amide bonds. The smallest absolute Gasteiger partial charge is 0.407 e. The fraction of sp³-hybridized carbons (Fsp3) is 0.387. The molecule has 3 aromatic carbocycles. The first-order valence-corrected chi connectivity index (χ1v) is 14.7. The molecule has 0 unspecified atom stereocenters. The molecule has 1 aliphatic heterocycles. The van der Waals surface area contributed by atoms with E-state index in [0.29, 0.717) is 12.4 Å². The lowest BCUT2D eigenvalue weighted by molar-refractivity contribution is -0.277. The number of methoxy groups -OCH3 is 1. The molecule has 0 bridgehead atoms. The average Bonchev–Trinajstić information content (AvgIpc) is 3.01. The lowest BCUT2D eigenvalue weighted by Gasteiger charge is -2.44. The normalized spacial score (nSPS) is 22.1. The van der Waals surface area contributed by atoms with Crippen molar-refractivity contribution >= 4 is 40.9 Å². The second kappa shape index (κ2) is 16.5. The fourth-order valence-corrected chi connectivity index (χ4v) is 4.64.